The van der Waals surface area contributed by atoms with E-state index >= 15 is 0 Å². The van der Waals surface area contributed by atoms with E-state index in [1.807, 2.05) is 11.3 Å². The Balaban J connectivity index is 2.66. The van der Waals surface area contributed by atoms with Crippen LogP contribution in [-0.2, 0) is 12.8 Å². The topological polar surface area (TPSA) is 20.2 Å². The van der Waals surface area contributed by atoms with Crippen molar-refractivity contribution in [3.05, 3.63) is 21.9 Å². The molecule has 16 heavy (non-hydrogen) atoms. The second kappa shape index (κ2) is 6.41. The van der Waals surface area contributed by atoms with Crippen LogP contribution in [0.5, 0.6) is 0 Å². The van der Waals surface area contributed by atoms with Crippen molar-refractivity contribution >= 4 is 11.3 Å². The number of hydrogen-bond acceptors (Lipinski definition) is 2. The van der Waals surface area contributed by atoms with Crippen molar-refractivity contribution in [2.75, 3.05) is 0 Å². The Labute approximate surface area is 104 Å². The van der Waals surface area contributed by atoms with Gasteiger partial charge in [0.05, 0.1) is 5.60 Å². The Morgan fingerprint density at radius 2 is 1.62 bits per heavy atom. The van der Waals surface area contributed by atoms with Crippen LogP contribution in [0.2, 0.25) is 0 Å². The fourth-order valence-corrected chi connectivity index (χ4v) is 3.36. The maximum atomic E-state index is 10.6. The van der Waals surface area contributed by atoms with Gasteiger partial charge >= 0.3 is 0 Å². The lowest BCUT2D eigenvalue weighted by atomic mass is 9.89. The first-order valence-electron chi connectivity index (χ1n) is 6.43. The van der Waals surface area contributed by atoms with E-state index in [4.69, 9.17) is 0 Å². The Hall–Kier alpha value is -0.340. The largest absolute Gasteiger partial charge is 0.390 e. The number of hydrogen-bond donors (Lipinski definition) is 1. The van der Waals surface area contributed by atoms with Gasteiger partial charge in [-0.25, -0.2) is 0 Å². The molecule has 0 aromatic carbocycles. The van der Waals surface area contributed by atoms with Gasteiger partial charge in [0.1, 0.15) is 0 Å². The van der Waals surface area contributed by atoms with Crippen LogP contribution in [0, 0.1) is 0 Å². The zero-order valence-electron chi connectivity index (χ0n) is 10.8. The molecule has 0 radical (unpaired) electrons. The zero-order valence-corrected chi connectivity index (χ0v) is 11.6. The Bertz CT molecular complexity index is 297. The summed E-state index contributed by atoms with van der Waals surface area (Å²) in [5, 5.41) is 10.6. The molecular weight excluding hydrogens is 216 g/mol. The van der Waals surface area contributed by atoms with E-state index in [9.17, 15) is 5.11 Å². The van der Waals surface area contributed by atoms with Crippen LogP contribution in [0.15, 0.2) is 12.1 Å². The van der Waals surface area contributed by atoms with Crippen molar-refractivity contribution in [2.45, 2.75) is 64.9 Å². The van der Waals surface area contributed by atoms with Crippen molar-refractivity contribution in [3.8, 4) is 0 Å². The fraction of sp³-hybridized carbons (Fsp3) is 0.714. The number of aliphatic hydroxyl groups is 1. The molecule has 1 rings (SSSR count). The molecule has 0 aliphatic rings. The lowest BCUT2D eigenvalue weighted by molar-refractivity contribution is 0.0224. The van der Waals surface area contributed by atoms with Gasteiger partial charge in [-0.3, -0.25) is 0 Å². The maximum absolute atomic E-state index is 10.6. The summed E-state index contributed by atoms with van der Waals surface area (Å²) in [7, 11) is 0. The fourth-order valence-electron chi connectivity index (χ4n) is 2.26. The highest BCUT2D eigenvalue weighted by Gasteiger charge is 2.25. The van der Waals surface area contributed by atoms with Crippen LogP contribution in [-0.4, -0.2) is 10.7 Å². The molecule has 1 aromatic heterocycles. The molecule has 1 aromatic rings. The molecule has 0 amide bonds. The van der Waals surface area contributed by atoms with Gasteiger partial charge in [-0.15, -0.1) is 11.3 Å². The van der Waals surface area contributed by atoms with E-state index in [0.29, 0.717) is 0 Å². The molecule has 0 unspecified atom stereocenters. The van der Waals surface area contributed by atoms with Crippen molar-refractivity contribution in [1.82, 2.24) is 0 Å². The van der Waals surface area contributed by atoms with Gasteiger partial charge in [0.15, 0.2) is 0 Å². The molecule has 0 saturated carbocycles. The van der Waals surface area contributed by atoms with Crippen molar-refractivity contribution < 1.29 is 5.11 Å². The van der Waals surface area contributed by atoms with Crippen LogP contribution in [0.25, 0.3) is 0 Å². The van der Waals surface area contributed by atoms with Gasteiger partial charge in [-0.2, -0.15) is 0 Å². The van der Waals surface area contributed by atoms with Gasteiger partial charge < -0.3 is 5.11 Å². The van der Waals surface area contributed by atoms with E-state index < -0.39 is 5.60 Å². The van der Waals surface area contributed by atoms with Crippen LogP contribution in [0.4, 0.5) is 0 Å². The predicted molar refractivity (Wildman–Crippen MR) is 72.2 cm³/mol. The quantitative estimate of drug-likeness (QED) is 0.758. The van der Waals surface area contributed by atoms with Crippen molar-refractivity contribution in [1.29, 1.82) is 0 Å². The summed E-state index contributed by atoms with van der Waals surface area (Å²) in [5.41, 5.74) is -0.473. The van der Waals surface area contributed by atoms with E-state index in [1.54, 1.807) is 0 Å². The number of rotatable bonds is 7. The molecule has 1 N–H and O–H groups in total. The van der Waals surface area contributed by atoms with Gasteiger partial charge in [-0.05, 0) is 31.4 Å². The Kier molecular flexibility index (Phi) is 5.50. The summed E-state index contributed by atoms with van der Waals surface area (Å²) >= 11 is 1.85. The molecule has 0 bridgehead atoms. The summed E-state index contributed by atoms with van der Waals surface area (Å²) in [6.45, 7) is 6.47. The standard InChI is InChI=1S/C14H24OS/c1-4-9-14(15,10-5-2)11-13-8-7-12(6-3)16-13/h7-8,15H,4-6,9-11H2,1-3H3. The second-order valence-corrected chi connectivity index (χ2v) is 5.88. The zero-order chi connectivity index (χ0) is 12.0. The van der Waals surface area contributed by atoms with E-state index in [2.05, 4.69) is 32.9 Å². The van der Waals surface area contributed by atoms with Crippen molar-refractivity contribution in [3.63, 3.8) is 0 Å². The normalized spacial score (nSPS) is 12.0. The molecular formula is C14H24OS. The van der Waals surface area contributed by atoms with Crippen LogP contribution in [0.1, 0.15) is 56.2 Å². The van der Waals surface area contributed by atoms with E-state index in [1.165, 1.54) is 9.75 Å². The molecule has 0 aliphatic heterocycles. The Morgan fingerprint density at radius 1 is 1.06 bits per heavy atom. The third kappa shape index (κ3) is 3.91. The predicted octanol–water partition coefficient (Wildman–Crippen LogP) is 4.18. The first-order chi connectivity index (χ1) is 7.63. The average molecular weight is 240 g/mol. The third-order valence-corrected chi connectivity index (χ3v) is 4.23. The number of aryl methyl sites for hydroxylation is 1. The maximum Gasteiger partial charge on any atom is 0.0695 e. The second-order valence-electron chi connectivity index (χ2n) is 4.62. The average Bonchev–Trinajstić information content (AvgIpc) is 2.65. The highest BCUT2D eigenvalue weighted by molar-refractivity contribution is 7.12. The molecule has 0 fully saturated rings. The Morgan fingerprint density at radius 3 is 2.06 bits per heavy atom. The van der Waals surface area contributed by atoms with Gasteiger partial charge in [0.25, 0.3) is 0 Å². The van der Waals surface area contributed by atoms with Crippen LogP contribution in [0.3, 0.4) is 0 Å². The number of thiophene rings is 1. The van der Waals surface area contributed by atoms with Gasteiger partial charge in [0.2, 0.25) is 0 Å². The molecule has 92 valence electrons. The molecule has 0 saturated heterocycles. The monoisotopic (exact) mass is 240 g/mol. The third-order valence-electron chi connectivity index (χ3n) is 3.00. The summed E-state index contributed by atoms with van der Waals surface area (Å²) in [4.78, 5) is 2.76. The highest BCUT2D eigenvalue weighted by Crippen LogP contribution is 2.28. The summed E-state index contributed by atoms with van der Waals surface area (Å²) in [6.07, 6.45) is 5.88. The van der Waals surface area contributed by atoms with Gasteiger partial charge in [0, 0.05) is 16.2 Å². The summed E-state index contributed by atoms with van der Waals surface area (Å²) < 4.78 is 0. The highest BCUT2D eigenvalue weighted by atomic mass is 32.1. The first kappa shape index (κ1) is 13.7. The summed E-state index contributed by atoms with van der Waals surface area (Å²) in [6, 6.07) is 4.37. The molecule has 0 aliphatic carbocycles. The molecule has 1 heterocycles. The molecule has 1 nitrogen and oxygen atoms in total. The van der Waals surface area contributed by atoms with Gasteiger partial charge in [-0.1, -0.05) is 33.6 Å². The van der Waals surface area contributed by atoms with E-state index in [-0.39, 0.29) is 0 Å². The molecule has 0 spiro atoms. The minimum Gasteiger partial charge on any atom is -0.390 e. The molecule has 0 atom stereocenters. The van der Waals surface area contributed by atoms with Crippen LogP contribution < -0.4 is 0 Å². The molecule has 2 heteroatoms. The summed E-state index contributed by atoms with van der Waals surface area (Å²) in [5.74, 6) is 0. The minimum absolute atomic E-state index is 0.473. The van der Waals surface area contributed by atoms with Crippen molar-refractivity contribution in [2.24, 2.45) is 0 Å². The van der Waals surface area contributed by atoms with Crippen LogP contribution >= 0.6 is 11.3 Å². The van der Waals surface area contributed by atoms with E-state index in [0.717, 1.165) is 38.5 Å². The lowest BCUT2D eigenvalue weighted by Crippen LogP contribution is -2.30. The SMILES string of the molecule is CCCC(O)(CCC)Cc1ccc(CC)s1. The lowest BCUT2D eigenvalue weighted by Gasteiger charge is -2.26. The smallest absolute Gasteiger partial charge is 0.0695 e. The minimum atomic E-state index is -0.473. The first-order valence-corrected chi connectivity index (χ1v) is 7.25.